The molecule has 0 aliphatic heterocycles. The molecule has 2 aromatic carbocycles. The summed E-state index contributed by atoms with van der Waals surface area (Å²) in [5.41, 5.74) is 1.99. The minimum Gasteiger partial charge on any atom is -0.0840 e. The Morgan fingerprint density at radius 2 is 1.38 bits per heavy atom. The minimum absolute atomic E-state index is 0.354. The Balaban J connectivity index is 2.02. The molecule has 26 heavy (non-hydrogen) atoms. The lowest BCUT2D eigenvalue weighted by molar-refractivity contribution is 0.532. The van der Waals surface area contributed by atoms with Crippen molar-refractivity contribution in [1.29, 1.82) is 0 Å². The van der Waals surface area contributed by atoms with E-state index in [9.17, 15) is 0 Å². The van der Waals surface area contributed by atoms with Crippen LogP contribution in [-0.4, -0.2) is 0 Å². The first-order valence-corrected chi connectivity index (χ1v) is 10.9. The van der Waals surface area contributed by atoms with Crippen LogP contribution >= 0.6 is 69.6 Å². The summed E-state index contributed by atoms with van der Waals surface area (Å²) in [6.45, 7) is 2.17. The molecule has 2 aromatic rings. The SMILES string of the molecule is CCCC(CCCCc1c(Cl)ccc(Cl)c1Cl)c1cc(Cl)c(Cl)cc1Cl. The second kappa shape index (κ2) is 10.6. The average molecular weight is 473 g/mol. The number of halogens is 6. The quantitative estimate of drug-likeness (QED) is 0.265. The number of benzene rings is 2. The normalized spacial score (nSPS) is 12.4. The Morgan fingerprint density at radius 3 is 2.08 bits per heavy atom. The van der Waals surface area contributed by atoms with Gasteiger partial charge in [-0.25, -0.2) is 0 Å². The van der Waals surface area contributed by atoms with Gasteiger partial charge in [-0.2, -0.15) is 0 Å². The van der Waals surface area contributed by atoms with E-state index in [2.05, 4.69) is 6.92 Å². The van der Waals surface area contributed by atoms with Crippen molar-refractivity contribution in [2.45, 2.75) is 51.4 Å². The molecule has 0 heterocycles. The van der Waals surface area contributed by atoms with Crippen LogP contribution in [0, 0.1) is 0 Å². The maximum Gasteiger partial charge on any atom is 0.0639 e. The van der Waals surface area contributed by atoms with Gasteiger partial charge in [0.15, 0.2) is 0 Å². The highest BCUT2D eigenvalue weighted by Gasteiger charge is 2.17. The predicted molar refractivity (Wildman–Crippen MR) is 118 cm³/mol. The lowest BCUT2D eigenvalue weighted by atomic mass is 9.89. The fraction of sp³-hybridized carbons (Fsp3) is 0.400. The van der Waals surface area contributed by atoms with Crippen LogP contribution in [-0.2, 0) is 6.42 Å². The van der Waals surface area contributed by atoms with Gasteiger partial charge in [0.2, 0.25) is 0 Å². The van der Waals surface area contributed by atoms with Crippen molar-refractivity contribution >= 4 is 69.6 Å². The second-order valence-electron chi connectivity index (χ2n) is 6.34. The van der Waals surface area contributed by atoms with Gasteiger partial charge < -0.3 is 0 Å². The highest BCUT2D eigenvalue weighted by Crippen LogP contribution is 2.38. The Kier molecular flexibility index (Phi) is 9.20. The van der Waals surface area contributed by atoms with Crippen molar-refractivity contribution in [1.82, 2.24) is 0 Å². The van der Waals surface area contributed by atoms with E-state index in [4.69, 9.17) is 69.6 Å². The molecule has 0 spiro atoms. The van der Waals surface area contributed by atoms with Gasteiger partial charge in [0, 0.05) is 10.0 Å². The van der Waals surface area contributed by atoms with Crippen LogP contribution in [0.4, 0.5) is 0 Å². The smallest absolute Gasteiger partial charge is 0.0639 e. The largest absolute Gasteiger partial charge is 0.0840 e. The third-order valence-electron chi connectivity index (χ3n) is 4.48. The molecule has 1 atom stereocenters. The molecule has 142 valence electrons. The Hall–Kier alpha value is 0.180. The van der Waals surface area contributed by atoms with Gasteiger partial charge in [0.1, 0.15) is 0 Å². The zero-order valence-electron chi connectivity index (χ0n) is 14.4. The third-order valence-corrected chi connectivity index (χ3v) is 6.73. The molecule has 0 aliphatic rings. The monoisotopic (exact) mass is 470 g/mol. The van der Waals surface area contributed by atoms with Crippen LogP contribution in [0.5, 0.6) is 0 Å². The molecule has 0 aromatic heterocycles. The van der Waals surface area contributed by atoms with E-state index < -0.39 is 0 Å². The minimum atomic E-state index is 0.354. The standard InChI is InChI=1S/C20H20Cl6/c1-2-5-12(14-10-18(24)19(25)11-17(14)23)6-3-4-7-13-15(21)8-9-16(22)20(13)26/h8-12H,2-7H2,1H3. The molecule has 0 bridgehead atoms. The van der Waals surface area contributed by atoms with E-state index in [1.165, 1.54) is 0 Å². The summed E-state index contributed by atoms with van der Waals surface area (Å²) >= 11 is 37.3. The van der Waals surface area contributed by atoms with E-state index in [1.54, 1.807) is 18.2 Å². The molecule has 0 radical (unpaired) electrons. The number of unbranched alkanes of at least 4 members (excludes halogenated alkanes) is 1. The molecule has 0 nitrogen and oxygen atoms in total. The fourth-order valence-electron chi connectivity index (χ4n) is 3.15. The maximum absolute atomic E-state index is 6.41. The molecule has 1 unspecified atom stereocenters. The molecule has 0 amide bonds. The molecule has 0 N–H and O–H groups in total. The predicted octanol–water partition coefficient (Wildman–Crippen LogP) is 9.90. The van der Waals surface area contributed by atoms with Crippen molar-refractivity contribution in [2.24, 2.45) is 0 Å². The number of hydrogen-bond donors (Lipinski definition) is 0. The Bertz CT molecular complexity index is 756. The maximum atomic E-state index is 6.41. The first-order chi connectivity index (χ1) is 12.3. The van der Waals surface area contributed by atoms with E-state index in [1.807, 2.05) is 6.07 Å². The molecule has 0 fully saturated rings. The first-order valence-electron chi connectivity index (χ1n) is 8.62. The van der Waals surface area contributed by atoms with Gasteiger partial charge in [0.25, 0.3) is 0 Å². The summed E-state index contributed by atoms with van der Waals surface area (Å²) in [4.78, 5) is 0. The highest BCUT2D eigenvalue weighted by atomic mass is 35.5. The Labute approximate surface area is 185 Å². The third kappa shape index (κ3) is 5.84. The molecule has 0 saturated heterocycles. The van der Waals surface area contributed by atoms with E-state index in [0.717, 1.165) is 49.7 Å². The van der Waals surface area contributed by atoms with Gasteiger partial charge in [-0.3, -0.25) is 0 Å². The van der Waals surface area contributed by atoms with Crippen molar-refractivity contribution < 1.29 is 0 Å². The Morgan fingerprint density at radius 1 is 0.731 bits per heavy atom. The summed E-state index contributed by atoms with van der Waals surface area (Å²) in [7, 11) is 0. The van der Waals surface area contributed by atoms with Crippen LogP contribution in [0.1, 0.15) is 56.1 Å². The summed E-state index contributed by atoms with van der Waals surface area (Å²) in [6.07, 6.45) is 5.94. The number of rotatable bonds is 8. The molecule has 0 aliphatic carbocycles. The lowest BCUT2D eigenvalue weighted by Crippen LogP contribution is -2.01. The first kappa shape index (κ1) is 22.5. The molecular formula is C20H20Cl6. The summed E-state index contributed by atoms with van der Waals surface area (Å²) in [6, 6.07) is 7.14. The zero-order chi connectivity index (χ0) is 19.3. The van der Waals surface area contributed by atoms with Crippen LogP contribution in [0.2, 0.25) is 30.1 Å². The van der Waals surface area contributed by atoms with Gasteiger partial charge in [-0.15, -0.1) is 0 Å². The van der Waals surface area contributed by atoms with E-state index >= 15 is 0 Å². The van der Waals surface area contributed by atoms with Crippen LogP contribution in [0.15, 0.2) is 24.3 Å². The van der Waals surface area contributed by atoms with Gasteiger partial charge in [-0.1, -0.05) is 89.4 Å². The van der Waals surface area contributed by atoms with Gasteiger partial charge in [-0.05, 0) is 67.0 Å². The molecule has 6 heteroatoms. The van der Waals surface area contributed by atoms with Crippen LogP contribution in [0.25, 0.3) is 0 Å². The molecular weight excluding hydrogens is 453 g/mol. The molecule has 0 saturated carbocycles. The zero-order valence-corrected chi connectivity index (χ0v) is 18.9. The van der Waals surface area contributed by atoms with Crippen LogP contribution in [0.3, 0.4) is 0 Å². The van der Waals surface area contributed by atoms with Gasteiger partial charge in [0.05, 0.1) is 20.1 Å². The lowest BCUT2D eigenvalue weighted by Gasteiger charge is -2.19. The second-order valence-corrected chi connectivity index (χ2v) is 8.75. The van der Waals surface area contributed by atoms with E-state index in [0.29, 0.717) is 36.1 Å². The average Bonchev–Trinajstić information content (AvgIpc) is 2.60. The fourth-order valence-corrected chi connectivity index (χ4v) is 4.59. The number of hydrogen-bond acceptors (Lipinski definition) is 0. The summed E-state index contributed by atoms with van der Waals surface area (Å²) in [5.74, 6) is 0.354. The highest BCUT2D eigenvalue weighted by molar-refractivity contribution is 6.44. The van der Waals surface area contributed by atoms with Gasteiger partial charge >= 0.3 is 0 Å². The van der Waals surface area contributed by atoms with Crippen molar-refractivity contribution in [2.75, 3.05) is 0 Å². The topological polar surface area (TPSA) is 0 Å². The molecule has 2 rings (SSSR count). The summed E-state index contributed by atoms with van der Waals surface area (Å²) in [5, 5.41) is 3.47. The van der Waals surface area contributed by atoms with Crippen molar-refractivity contribution in [3.8, 4) is 0 Å². The van der Waals surface area contributed by atoms with Crippen molar-refractivity contribution in [3.63, 3.8) is 0 Å². The van der Waals surface area contributed by atoms with E-state index in [-0.39, 0.29) is 0 Å². The summed E-state index contributed by atoms with van der Waals surface area (Å²) < 4.78 is 0. The van der Waals surface area contributed by atoms with Crippen molar-refractivity contribution in [3.05, 3.63) is 65.5 Å². The van der Waals surface area contributed by atoms with Crippen LogP contribution < -0.4 is 0 Å².